The minimum Gasteiger partial charge on any atom is -0.463 e. The predicted octanol–water partition coefficient (Wildman–Crippen LogP) is 11.4. The molecule has 0 fully saturated rings. The lowest BCUT2D eigenvalue weighted by molar-refractivity contribution is -0.152. The molecular weight excluding hydrogens is 572 g/mol. The van der Waals surface area contributed by atoms with Gasteiger partial charge >= 0.3 is 11.9 Å². The highest BCUT2D eigenvalue weighted by atomic mass is 16.6. The van der Waals surface area contributed by atoms with Crippen LogP contribution in [0.15, 0.2) is 72.9 Å². The Kier molecular flexibility index (Phi) is 34.7. The van der Waals surface area contributed by atoms with Crippen molar-refractivity contribution in [2.75, 3.05) is 13.2 Å². The zero-order valence-electron chi connectivity index (χ0n) is 29.6. The SMILES string of the molecule is CC/C=C\C/C=C\C/C=C\CCCCCCCC(=O)OC[C@H](O)COC(=O)CCCCCC/C=C\C/C=C\C/C=C\CCCCC. The molecule has 0 heterocycles. The summed E-state index contributed by atoms with van der Waals surface area (Å²) in [6, 6.07) is 0. The normalized spacial score (nSPS) is 13.0. The fraction of sp³-hybridized carbons (Fsp3) is 0.659. The highest BCUT2D eigenvalue weighted by molar-refractivity contribution is 5.69. The summed E-state index contributed by atoms with van der Waals surface area (Å²) in [4.78, 5) is 23.9. The van der Waals surface area contributed by atoms with E-state index in [0.717, 1.165) is 96.3 Å². The van der Waals surface area contributed by atoms with Gasteiger partial charge in [0.25, 0.3) is 0 Å². The van der Waals surface area contributed by atoms with Crippen molar-refractivity contribution in [2.24, 2.45) is 0 Å². The first-order valence-corrected chi connectivity index (χ1v) is 18.5. The van der Waals surface area contributed by atoms with E-state index in [0.29, 0.717) is 12.8 Å². The third-order valence-corrected chi connectivity index (χ3v) is 7.43. The van der Waals surface area contributed by atoms with Crippen molar-refractivity contribution < 1.29 is 24.2 Å². The van der Waals surface area contributed by atoms with Gasteiger partial charge in [0.2, 0.25) is 0 Å². The van der Waals surface area contributed by atoms with Crippen LogP contribution in [0.2, 0.25) is 0 Å². The number of hydrogen-bond acceptors (Lipinski definition) is 5. The molecule has 0 aliphatic carbocycles. The number of hydrogen-bond donors (Lipinski definition) is 1. The topological polar surface area (TPSA) is 72.8 Å². The zero-order valence-corrected chi connectivity index (χ0v) is 29.6. The van der Waals surface area contributed by atoms with Gasteiger partial charge in [-0.1, -0.05) is 132 Å². The van der Waals surface area contributed by atoms with E-state index < -0.39 is 6.10 Å². The predicted molar refractivity (Wildman–Crippen MR) is 196 cm³/mol. The summed E-state index contributed by atoms with van der Waals surface area (Å²) < 4.78 is 10.3. The smallest absolute Gasteiger partial charge is 0.305 e. The zero-order chi connectivity index (χ0) is 33.6. The average molecular weight is 641 g/mol. The molecule has 0 spiro atoms. The van der Waals surface area contributed by atoms with Gasteiger partial charge in [0.1, 0.15) is 19.3 Å². The van der Waals surface area contributed by atoms with Gasteiger partial charge in [-0.3, -0.25) is 9.59 Å². The van der Waals surface area contributed by atoms with Crippen LogP contribution in [0.25, 0.3) is 0 Å². The third kappa shape index (κ3) is 35.8. The quantitative estimate of drug-likeness (QED) is 0.0450. The van der Waals surface area contributed by atoms with E-state index in [-0.39, 0.29) is 25.2 Å². The van der Waals surface area contributed by atoms with Crippen LogP contribution in [0.1, 0.15) is 155 Å². The molecule has 0 aromatic heterocycles. The Morgan fingerprint density at radius 3 is 1.24 bits per heavy atom. The molecule has 0 aromatic rings. The van der Waals surface area contributed by atoms with E-state index in [4.69, 9.17) is 9.47 Å². The minimum atomic E-state index is -0.983. The van der Waals surface area contributed by atoms with E-state index in [2.05, 4.69) is 86.8 Å². The Morgan fingerprint density at radius 1 is 0.478 bits per heavy atom. The highest BCUT2D eigenvalue weighted by Crippen LogP contribution is 2.10. The highest BCUT2D eigenvalue weighted by Gasteiger charge is 2.12. The number of rotatable bonds is 32. The van der Waals surface area contributed by atoms with Crippen molar-refractivity contribution in [2.45, 2.75) is 161 Å². The van der Waals surface area contributed by atoms with Crippen LogP contribution in [0, 0.1) is 0 Å². The first kappa shape index (κ1) is 43.3. The third-order valence-electron chi connectivity index (χ3n) is 7.43. The van der Waals surface area contributed by atoms with Gasteiger partial charge in [-0.25, -0.2) is 0 Å². The Bertz CT molecular complexity index is 864. The second kappa shape index (κ2) is 36.8. The first-order valence-electron chi connectivity index (χ1n) is 18.5. The van der Waals surface area contributed by atoms with Gasteiger partial charge in [-0.15, -0.1) is 0 Å². The molecule has 0 radical (unpaired) electrons. The van der Waals surface area contributed by atoms with Crippen molar-refractivity contribution >= 4 is 11.9 Å². The molecule has 5 heteroatoms. The van der Waals surface area contributed by atoms with Gasteiger partial charge < -0.3 is 14.6 Å². The first-order chi connectivity index (χ1) is 22.6. The van der Waals surface area contributed by atoms with Crippen LogP contribution < -0.4 is 0 Å². The molecule has 46 heavy (non-hydrogen) atoms. The van der Waals surface area contributed by atoms with Gasteiger partial charge in [0, 0.05) is 12.8 Å². The number of ether oxygens (including phenoxy) is 2. The summed E-state index contributed by atoms with van der Waals surface area (Å²) in [5.41, 5.74) is 0. The lowest BCUT2D eigenvalue weighted by atomic mass is 10.1. The maximum Gasteiger partial charge on any atom is 0.305 e. The van der Waals surface area contributed by atoms with E-state index in [1.54, 1.807) is 0 Å². The van der Waals surface area contributed by atoms with E-state index in [1.165, 1.54) is 32.1 Å². The van der Waals surface area contributed by atoms with Crippen LogP contribution in [0.4, 0.5) is 0 Å². The molecule has 0 saturated carbocycles. The Hall–Kier alpha value is -2.66. The summed E-state index contributed by atoms with van der Waals surface area (Å²) in [7, 11) is 0. The monoisotopic (exact) mass is 641 g/mol. The number of aliphatic hydroxyl groups is 1. The molecule has 0 amide bonds. The number of allylic oxidation sites excluding steroid dienone is 12. The number of esters is 2. The van der Waals surface area contributed by atoms with Gasteiger partial charge in [-0.2, -0.15) is 0 Å². The Balaban J connectivity index is 3.55. The number of unbranched alkanes of at least 4 members (excludes halogenated alkanes) is 12. The average Bonchev–Trinajstić information content (AvgIpc) is 3.06. The van der Waals surface area contributed by atoms with Crippen molar-refractivity contribution in [1.29, 1.82) is 0 Å². The summed E-state index contributed by atoms with van der Waals surface area (Å²) in [5, 5.41) is 9.99. The van der Waals surface area contributed by atoms with E-state index in [9.17, 15) is 14.7 Å². The molecule has 1 N–H and O–H groups in total. The summed E-state index contributed by atoms with van der Waals surface area (Å²) in [5.74, 6) is -0.616. The van der Waals surface area contributed by atoms with Crippen LogP contribution in [0.3, 0.4) is 0 Å². The van der Waals surface area contributed by atoms with Crippen LogP contribution in [-0.4, -0.2) is 36.4 Å². The van der Waals surface area contributed by atoms with Gasteiger partial charge in [-0.05, 0) is 83.5 Å². The number of aliphatic hydroxyl groups excluding tert-OH is 1. The Morgan fingerprint density at radius 2 is 0.826 bits per heavy atom. The maximum absolute atomic E-state index is 11.9. The summed E-state index contributed by atoms with van der Waals surface area (Å²) in [6.45, 7) is 4.11. The molecule has 0 bridgehead atoms. The van der Waals surface area contributed by atoms with Crippen LogP contribution in [-0.2, 0) is 19.1 Å². The second-order valence-corrected chi connectivity index (χ2v) is 12.0. The van der Waals surface area contributed by atoms with Gasteiger partial charge in [0.05, 0.1) is 0 Å². The summed E-state index contributed by atoms with van der Waals surface area (Å²) >= 11 is 0. The molecule has 0 aromatic carbocycles. The van der Waals surface area contributed by atoms with E-state index in [1.807, 2.05) is 0 Å². The summed E-state index contributed by atoms with van der Waals surface area (Å²) in [6.07, 6.45) is 48.0. The Labute approximate surface area is 283 Å². The van der Waals surface area contributed by atoms with E-state index >= 15 is 0 Å². The van der Waals surface area contributed by atoms with Crippen molar-refractivity contribution in [3.05, 3.63) is 72.9 Å². The molecule has 0 saturated heterocycles. The fourth-order valence-corrected chi connectivity index (χ4v) is 4.63. The van der Waals surface area contributed by atoms with Crippen LogP contribution in [0.5, 0.6) is 0 Å². The fourth-order valence-electron chi connectivity index (χ4n) is 4.63. The molecule has 5 nitrogen and oxygen atoms in total. The molecule has 0 unspecified atom stereocenters. The van der Waals surface area contributed by atoms with Crippen molar-refractivity contribution in [3.63, 3.8) is 0 Å². The van der Waals surface area contributed by atoms with Gasteiger partial charge in [0.15, 0.2) is 0 Å². The van der Waals surface area contributed by atoms with Crippen molar-refractivity contribution in [3.8, 4) is 0 Å². The molecule has 0 aliphatic rings. The maximum atomic E-state index is 11.9. The lowest BCUT2D eigenvalue weighted by Gasteiger charge is -2.12. The number of carbonyl (C=O) groups excluding carboxylic acids is 2. The molecule has 0 aliphatic heterocycles. The number of carbonyl (C=O) groups is 2. The molecule has 1 atom stereocenters. The molecular formula is C41H68O5. The molecule has 0 rings (SSSR count). The molecule has 262 valence electrons. The minimum absolute atomic E-state index is 0.136. The van der Waals surface area contributed by atoms with Crippen LogP contribution >= 0.6 is 0 Å². The largest absolute Gasteiger partial charge is 0.463 e. The van der Waals surface area contributed by atoms with Crippen molar-refractivity contribution in [1.82, 2.24) is 0 Å². The second-order valence-electron chi connectivity index (χ2n) is 12.0. The standard InChI is InChI=1S/C41H68O5/c1-3-5-7-9-11-13-15-17-19-20-22-24-26-28-30-32-34-36-41(44)46-38-39(42)37-45-40(43)35-33-31-29-27-25-23-21-18-16-14-12-10-8-6-4-2/h6,8,11-14,17-19,21-22,24,39,42H,3-5,7,9-10,15-16,20,23,25-38H2,1-2H3/b8-6-,13-11-,14-12-,19-17-,21-18-,24-22-/t39-/m0/s1. The lowest BCUT2D eigenvalue weighted by Crippen LogP contribution is -2.25.